The van der Waals surface area contributed by atoms with Gasteiger partial charge in [0.1, 0.15) is 5.69 Å². The van der Waals surface area contributed by atoms with Gasteiger partial charge in [0.2, 0.25) is 0 Å². The van der Waals surface area contributed by atoms with Crippen LogP contribution in [0.2, 0.25) is 0 Å². The van der Waals surface area contributed by atoms with Crippen LogP contribution >= 0.6 is 0 Å². The van der Waals surface area contributed by atoms with E-state index in [1.165, 1.54) is 36.8 Å². The zero-order valence-electron chi connectivity index (χ0n) is 13.4. The molecule has 4 heteroatoms. The topological polar surface area (TPSA) is 46.9 Å². The van der Waals surface area contributed by atoms with Gasteiger partial charge in [-0.05, 0) is 49.3 Å². The van der Waals surface area contributed by atoms with E-state index in [2.05, 4.69) is 34.7 Å². The third kappa shape index (κ3) is 2.90. The molecule has 1 fully saturated rings. The van der Waals surface area contributed by atoms with E-state index in [1.54, 1.807) is 0 Å². The van der Waals surface area contributed by atoms with Gasteiger partial charge in [0.25, 0.3) is 5.91 Å². The summed E-state index contributed by atoms with van der Waals surface area (Å²) in [5.74, 6) is -0.0524. The van der Waals surface area contributed by atoms with Crippen molar-refractivity contribution in [2.75, 3.05) is 0 Å². The number of hydrogen-bond donors (Lipinski definition) is 1. The van der Waals surface area contributed by atoms with Gasteiger partial charge in [-0.2, -0.15) is 5.10 Å². The zero-order valence-corrected chi connectivity index (χ0v) is 13.4. The van der Waals surface area contributed by atoms with E-state index in [-0.39, 0.29) is 11.9 Å². The first-order valence-corrected chi connectivity index (χ1v) is 8.75. The van der Waals surface area contributed by atoms with Gasteiger partial charge < -0.3 is 5.32 Å². The molecular weight excluding hydrogens is 286 g/mol. The fourth-order valence-corrected chi connectivity index (χ4v) is 3.97. The van der Waals surface area contributed by atoms with Gasteiger partial charge in [-0.15, -0.1) is 0 Å². The lowest BCUT2D eigenvalue weighted by atomic mass is 9.88. The summed E-state index contributed by atoms with van der Waals surface area (Å²) in [7, 11) is 0. The lowest BCUT2D eigenvalue weighted by Gasteiger charge is -2.26. The summed E-state index contributed by atoms with van der Waals surface area (Å²) in [6, 6.07) is 10.9. The molecule has 0 radical (unpaired) electrons. The number of nitrogens with one attached hydrogen (secondary N) is 1. The molecule has 0 bridgehead atoms. The molecule has 23 heavy (non-hydrogen) atoms. The zero-order chi connectivity index (χ0) is 15.6. The van der Waals surface area contributed by atoms with Gasteiger partial charge >= 0.3 is 0 Å². The maximum absolute atomic E-state index is 12.6. The minimum Gasteiger partial charge on any atom is -0.344 e. The lowest BCUT2D eigenvalue weighted by molar-refractivity contribution is 0.0926. The summed E-state index contributed by atoms with van der Waals surface area (Å²) in [6.07, 6.45) is 10.1. The Kier molecular flexibility index (Phi) is 3.90. The van der Waals surface area contributed by atoms with E-state index in [0.717, 1.165) is 19.3 Å². The number of fused-ring (bicyclic) bond motifs is 1. The molecule has 1 saturated carbocycles. The van der Waals surface area contributed by atoms with Crippen LogP contribution in [0.5, 0.6) is 0 Å². The number of amides is 1. The number of benzene rings is 1. The smallest absolute Gasteiger partial charge is 0.272 e. The van der Waals surface area contributed by atoms with Crippen molar-refractivity contribution in [2.45, 2.75) is 57.0 Å². The summed E-state index contributed by atoms with van der Waals surface area (Å²) in [6.45, 7) is 0. The number of rotatable bonds is 3. The van der Waals surface area contributed by atoms with E-state index >= 15 is 0 Å². The average Bonchev–Trinajstić information content (AvgIpc) is 3.26. The van der Waals surface area contributed by atoms with E-state index in [1.807, 2.05) is 16.9 Å². The van der Waals surface area contributed by atoms with Gasteiger partial charge in [-0.1, -0.05) is 37.1 Å². The van der Waals surface area contributed by atoms with Crippen LogP contribution in [-0.4, -0.2) is 15.7 Å². The predicted octanol–water partition coefficient (Wildman–Crippen LogP) is 3.81. The van der Waals surface area contributed by atoms with Crippen LogP contribution < -0.4 is 5.32 Å². The normalized spacial score (nSPS) is 21.1. The average molecular weight is 309 g/mol. The maximum atomic E-state index is 12.6. The highest BCUT2D eigenvalue weighted by Gasteiger charge is 2.24. The van der Waals surface area contributed by atoms with Gasteiger partial charge in [-0.3, -0.25) is 9.48 Å². The van der Waals surface area contributed by atoms with Crippen molar-refractivity contribution in [1.82, 2.24) is 15.1 Å². The summed E-state index contributed by atoms with van der Waals surface area (Å²) in [4.78, 5) is 12.6. The molecule has 2 aliphatic carbocycles. The fourth-order valence-electron chi connectivity index (χ4n) is 3.97. The molecule has 4 rings (SSSR count). The number of nitrogens with zero attached hydrogens (tertiary/aromatic N) is 2. The van der Waals surface area contributed by atoms with Crippen molar-refractivity contribution in [3.8, 4) is 0 Å². The third-order valence-electron chi connectivity index (χ3n) is 5.21. The second-order valence-electron chi connectivity index (χ2n) is 6.74. The molecule has 1 heterocycles. The van der Waals surface area contributed by atoms with Crippen LogP contribution in [-0.2, 0) is 6.42 Å². The first kappa shape index (κ1) is 14.5. The molecule has 1 unspecified atom stereocenters. The number of hydrogen-bond acceptors (Lipinski definition) is 2. The summed E-state index contributed by atoms with van der Waals surface area (Å²) in [5.41, 5.74) is 3.17. The Hall–Kier alpha value is -2.10. The highest BCUT2D eigenvalue weighted by molar-refractivity contribution is 5.92. The Bertz CT molecular complexity index is 700. The molecular formula is C19H23N3O. The first-order chi connectivity index (χ1) is 11.3. The molecule has 2 aliphatic rings. The second kappa shape index (κ2) is 6.19. The quantitative estimate of drug-likeness (QED) is 0.937. The van der Waals surface area contributed by atoms with Gasteiger partial charge in [0.15, 0.2) is 0 Å². The summed E-state index contributed by atoms with van der Waals surface area (Å²) in [5, 5.41) is 7.70. The standard InChI is InChI=1S/C19H23N3O/c23-19(18-12-13-22(21-18)15-8-2-3-9-15)20-17-11-5-7-14-6-1-4-10-16(14)17/h1,4,6,10,12-13,15,17H,2-3,5,7-9,11H2,(H,20,23). The van der Waals surface area contributed by atoms with Crippen molar-refractivity contribution >= 4 is 5.91 Å². The van der Waals surface area contributed by atoms with Crippen molar-refractivity contribution < 1.29 is 4.79 Å². The number of carbonyl (C=O) groups is 1. The second-order valence-corrected chi connectivity index (χ2v) is 6.74. The molecule has 1 aromatic heterocycles. The molecule has 1 atom stereocenters. The van der Waals surface area contributed by atoms with Crippen molar-refractivity contribution in [1.29, 1.82) is 0 Å². The number of aryl methyl sites for hydroxylation is 1. The molecule has 1 N–H and O–H groups in total. The Morgan fingerprint density at radius 3 is 2.78 bits per heavy atom. The maximum Gasteiger partial charge on any atom is 0.272 e. The highest BCUT2D eigenvalue weighted by Crippen LogP contribution is 2.30. The van der Waals surface area contributed by atoms with Crippen molar-refractivity contribution in [3.05, 3.63) is 53.3 Å². The van der Waals surface area contributed by atoms with E-state index < -0.39 is 0 Å². The Morgan fingerprint density at radius 1 is 1.09 bits per heavy atom. The molecule has 2 aromatic rings. The van der Waals surface area contributed by atoms with Crippen LogP contribution in [0.3, 0.4) is 0 Å². The molecule has 1 amide bonds. The van der Waals surface area contributed by atoms with Crippen LogP contribution in [0, 0.1) is 0 Å². The van der Waals surface area contributed by atoms with E-state index in [9.17, 15) is 4.79 Å². The SMILES string of the molecule is O=C(NC1CCCc2ccccc21)c1ccn(C2CCCC2)n1. The molecule has 4 nitrogen and oxygen atoms in total. The van der Waals surface area contributed by atoms with Crippen molar-refractivity contribution in [2.24, 2.45) is 0 Å². The minimum atomic E-state index is -0.0524. The molecule has 0 aliphatic heterocycles. The Balaban J connectivity index is 1.48. The van der Waals surface area contributed by atoms with Gasteiger partial charge in [-0.25, -0.2) is 0 Å². The lowest BCUT2D eigenvalue weighted by Crippen LogP contribution is -2.31. The highest BCUT2D eigenvalue weighted by atomic mass is 16.2. The van der Waals surface area contributed by atoms with Crippen molar-refractivity contribution in [3.63, 3.8) is 0 Å². The molecule has 0 spiro atoms. The Morgan fingerprint density at radius 2 is 1.91 bits per heavy atom. The van der Waals surface area contributed by atoms with Crippen LogP contribution in [0.15, 0.2) is 36.5 Å². The third-order valence-corrected chi connectivity index (χ3v) is 5.21. The fraction of sp³-hybridized carbons (Fsp3) is 0.474. The first-order valence-electron chi connectivity index (χ1n) is 8.75. The summed E-state index contributed by atoms with van der Waals surface area (Å²) < 4.78 is 1.98. The van der Waals surface area contributed by atoms with Crippen LogP contribution in [0.4, 0.5) is 0 Å². The number of carbonyl (C=O) groups excluding carboxylic acids is 1. The van der Waals surface area contributed by atoms with Crippen LogP contribution in [0.1, 0.15) is 72.2 Å². The van der Waals surface area contributed by atoms with E-state index in [0.29, 0.717) is 11.7 Å². The minimum absolute atomic E-state index is 0.0524. The molecule has 1 aromatic carbocycles. The van der Waals surface area contributed by atoms with Gasteiger partial charge in [0, 0.05) is 6.20 Å². The molecule has 0 saturated heterocycles. The largest absolute Gasteiger partial charge is 0.344 e. The van der Waals surface area contributed by atoms with Crippen LogP contribution in [0.25, 0.3) is 0 Å². The Labute approximate surface area is 136 Å². The monoisotopic (exact) mass is 309 g/mol. The van der Waals surface area contributed by atoms with Gasteiger partial charge in [0.05, 0.1) is 12.1 Å². The predicted molar refractivity (Wildman–Crippen MR) is 89.3 cm³/mol. The van der Waals surface area contributed by atoms with E-state index in [4.69, 9.17) is 0 Å². The molecule has 120 valence electrons. The summed E-state index contributed by atoms with van der Waals surface area (Å²) >= 11 is 0. The number of aromatic nitrogens is 2.